The Kier molecular flexibility index (Phi) is 4.90. The highest BCUT2D eigenvalue weighted by atomic mass is 32.1. The highest BCUT2D eigenvalue weighted by Gasteiger charge is 2.34. The number of rotatable bonds is 3. The van der Waals surface area contributed by atoms with Gasteiger partial charge in [0.1, 0.15) is 6.04 Å². The van der Waals surface area contributed by atoms with E-state index in [1.807, 2.05) is 16.3 Å². The Morgan fingerprint density at radius 3 is 2.62 bits per heavy atom. The van der Waals surface area contributed by atoms with Crippen molar-refractivity contribution in [2.24, 2.45) is 0 Å². The Morgan fingerprint density at radius 1 is 1.29 bits per heavy atom. The fourth-order valence-corrected chi connectivity index (χ4v) is 3.95. The van der Waals surface area contributed by atoms with E-state index >= 15 is 0 Å². The Hall–Kier alpha value is -0.950. The fourth-order valence-electron chi connectivity index (χ4n) is 3.10. The number of piperazine rings is 1. The Balaban J connectivity index is 1.76. The van der Waals surface area contributed by atoms with Gasteiger partial charge in [-0.3, -0.25) is 9.69 Å². The number of piperidine rings is 1. The molecule has 0 aromatic carbocycles. The van der Waals surface area contributed by atoms with E-state index in [1.165, 1.54) is 0 Å². The molecule has 0 aliphatic carbocycles. The van der Waals surface area contributed by atoms with Crippen LogP contribution >= 0.6 is 11.3 Å². The van der Waals surface area contributed by atoms with E-state index in [-0.39, 0.29) is 18.1 Å². The van der Waals surface area contributed by atoms with Crippen molar-refractivity contribution in [3.8, 4) is 0 Å². The molecule has 0 radical (unpaired) electrons. The molecule has 116 valence electrons. The molecular weight excluding hydrogens is 286 g/mol. The summed E-state index contributed by atoms with van der Waals surface area (Å²) in [7, 11) is 0. The molecule has 0 spiro atoms. The van der Waals surface area contributed by atoms with Crippen molar-refractivity contribution in [3.05, 3.63) is 22.4 Å². The molecule has 3 rings (SSSR count). The average molecular weight is 309 g/mol. The molecule has 21 heavy (non-hydrogen) atoms. The van der Waals surface area contributed by atoms with Gasteiger partial charge in [0.2, 0.25) is 5.91 Å². The number of carbonyl (C=O) groups excluding carboxylic acids is 1. The summed E-state index contributed by atoms with van der Waals surface area (Å²) in [5.74, 6) is 0.200. The van der Waals surface area contributed by atoms with E-state index in [9.17, 15) is 9.90 Å². The van der Waals surface area contributed by atoms with Crippen molar-refractivity contribution >= 4 is 17.2 Å². The third-order valence-electron chi connectivity index (χ3n) is 4.34. The molecule has 5 nitrogen and oxygen atoms in total. The predicted octanol–water partition coefficient (Wildman–Crippen LogP) is 0.678. The highest BCUT2D eigenvalue weighted by Crippen LogP contribution is 2.28. The number of amides is 1. The van der Waals surface area contributed by atoms with Crippen LogP contribution in [0, 0.1) is 0 Å². The van der Waals surface area contributed by atoms with E-state index in [2.05, 4.69) is 16.3 Å². The van der Waals surface area contributed by atoms with Crippen LogP contribution < -0.4 is 5.32 Å². The molecule has 1 amide bonds. The summed E-state index contributed by atoms with van der Waals surface area (Å²) in [4.78, 5) is 18.3. The van der Waals surface area contributed by atoms with E-state index in [0.29, 0.717) is 25.9 Å². The van der Waals surface area contributed by atoms with Crippen molar-refractivity contribution in [1.82, 2.24) is 15.1 Å². The average Bonchev–Trinajstić information content (AvgIpc) is 3.03. The van der Waals surface area contributed by atoms with Crippen LogP contribution in [0.4, 0.5) is 0 Å². The minimum atomic E-state index is -0.242. The predicted molar refractivity (Wildman–Crippen MR) is 83.3 cm³/mol. The molecule has 6 heteroatoms. The van der Waals surface area contributed by atoms with Gasteiger partial charge in [-0.05, 0) is 24.3 Å². The molecule has 1 aromatic rings. The van der Waals surface area contributed by atoms with E-state index < -0.39 is 0 Å². The molecule has 1 aromatic heterocycles. The second kappa shape index (κ2) is 6.87. The van der Waals surface area contributed by atoms with Crippen molar-refractivity contribution in [3.63, 3.8) is 0 Å². The van der Waals surface area contributed by atoms with Crippen LogP contribution in [0.1, 0.15) is 23.8 Å². The van der Waals surface area contributed by atoms with Crippen LogP contribution in [-0.4, -0.2) is 66.2 Å². The van der Waals surface area contributed by atoms with E-state index in [4.69, 9.17) is 0 Å². The van der Waals surface area contributed by atoms with Crippen LogP contribution in [0.2, 0.25) is 0 Å². The van der Waals surface area contributed by atoms with Gasteiger partial charge in [0.25, 0.3) is 0 Å². The third-order valence-corrected chi connectivity index (χ3v) is 5.26. The Labute approximate surface area is 129 Å². The molecule has 0 bridgehead atoms. The number of nitrogens with one attached hydrogen (secondary N) is 1. The summed E-state index contributed by atoms with van der Waals surface area (Å²) in [6, 6.07) is 3.93. The lowest BCUT2D eigenvalue weighted by molar-refractivity contribution is -0.139. The van der Waals surface area contributed by atoms with Gasteiger partial charge in [-0.25, -0.2) is 0 Å². The van der Waals surface area contributed by atoms with E-state index in [0.717, 1.165) is 31.1 Å². The molecule has 2 N–H and O–H groups in total. The summed E-state index contributed by atoms with van der Waals surface area (Å²) in [6.45, 7) is 5.04. The SMILES string of the molecule is O=C(C(c1cccs1)N1CCNCC1)N1CCC(O)CC1. The number of likely N-dealkylation sites (tertiary alicyclic amines) is 1. The summed E-state index contributed by atoms with van der Waals surface area (Å²) in [6.07, 6.45) is 1.16. The number of carbonyl (C=O) groups is 1. The van der Waals surface area contributed by atoms with Crippen LogP contribution in [0.3, 0.4) is 0 Å². The molecule has 2 aliphatic rings. The largest absolute Gasteiger partial charge is 0.393 e. The first-order chi connectivity index (χ1) is 10.3. The van der Waals surface area contributed by atoms with Gasteiger partial charge in [0.15, 0.2) is 0 Å². The van der Waals surface area contributed by atoms with Gasteiger partial charge >= 0.3 is 0 Å². The first-order valence-corrected chi connectivity index (χ1v) is 8.58. The zero-order valence-corrected chi connectivity index (χ0v) is 13.0. The molecule has 2 aliphatic heterocycles. The lowest BCUT2D eigenvalue weighted by Gasteiger charge is -2.38. The van der Waals surface area contributed by atoms with Crippen molar-refractivity contribution in [2.45, 2.75) is 25.0 Å². The highest BCUT2D eigenvalue weighted by molar-refractivity contribution is 7.10. The zero-order valence-electron chi connectivity index (χ0n) is 12.2. The minimum Gasteiger partial charge on any atom is -0.393 e. The van der Waals surface area contributed by atoms with Gasteiger partial charge in [-0.1, -0.05) is 6.07 Å². The number of hydrogen-bond donors (Lipinski definition) is 2. The van der Waals surface area contributed by atoms with Crippen molar-refractivity contribution < 1.29 is 9.90 Å². The number of aliphatic hydroxyl groups excluding tert-OH is 1. The smallest absolute Gasteiger partial charge is 0.245 e. The molecule has 1 unspecified atom stereocenters. The first kappa shape index (κ1) is 15.0. The van der Waals surface area contributed by atoms with Gasteiger partial charge < -0.3 is 15.3 Å². The topological polar surface area (TPSA) is 55.8 Å². The molecule has 2 fully saturated rings. The summed E-state index contributed by atoms with van der Waals surface area (Å²) < 4.78 is 0. The first-order valence-electron chi connectivity index (χ1n) is 7.71. The maximum absolute atomic E-state index is 13.0. The number of hydrogen-bond acceptors (Lipinski definition) is 5. The summed E-state index contributed by atoms with van der Waals surface area (Å²) in [5.41, 5.74) is 0. The fraction of sp³-hybridized carbons (Fsp3) is 0.667. The van der Waals surface area contributed by atoms with Crippen molar-refractivity contribution in [2.75, 3.05) is 39.3 Å². The van der Waals surface area contributed by atoms with Gasteiger partial charge in [-0.15, -0.1) is 11.3 Å². The number of nitrogens with zero attached hydrogens (tertiary/aromatic N) is 2. The van der Waals surface area contributed by atoms with Gasteiger partial charge in [0.05, 0.1) is 6.10 Å². The second-order valence-electron chi connectivity index (χ2n) is 5.76. The second-order valence-corrected chi connectivity index (χ2v) is 6.74. The minimum absolute atomic E-state index is 0.151. The lowest BCUT2D eigenvalue weighted by Crippen LogP contribution is -2.51. The van der Waals surface area contributed by atoms with Crippen molar-refractivity contribution in [1.29, 1.82) is 0 Å². The normalized spacial score (nSPS) is 23.2. The summed E-state index contributed by atoms with van der Waals surface area (Å²) in [5, 5.41) is 15.0. The molecule has 3 heterocycles. The van der Waals surface area contributed by atoms with Crippen LogP contribution in [0.5, 0.6) is 0 Å². The number of aliphatic hydroxyl groups is 1. The van der Waals surface area contributed by atoms with E-state index in [1.54, 1.807) is 11.3 Å². The maximum Gasteiger partial charge on any atom is 0.245 e. The zero-order chi connectivity index (χ0) is 14.7. The van der Waals surface area contributed by atoms with Crippen LogP contribution in [0.25, 0.3) is 0 Å². The number of thiophene rings is 1. The standard InChI is InChI=1S/C15H23N3O2S/c19-12-3-7-18(8-4-12)15(20)14(13-2-1-11-21-13)17-9-5-16-6-10-17/h1-2,11-12,14,16,19H,3-10H2. The monoisotopic (exact) mass is 309 g/mol. The molecular formula is C15H23N3O2S. The molecule has 2 saturated heterocycles. The van der Waals surface area contributed by atoms with Crippen LogP contribution in [0.15, 0.2) is 17.5 Å². The third kappa shape index (κ3) is 3.45. The van der Waals surface area contributed by atoms with Gasteiger partial charge in [0, 0.05) is 44.1 Å². The van der Waals surface area contributed by atoms with Crippen LogP contribution in [-0.2, 0) is 4.79 Å². The molecule has 0 saturated carbocycles. The quantitative estimate of drug-likeness (QED) is 0.862. The Morgan fingerprint density at radius 2 is 2.00 bits per heavy atom. The molecule has 1 atom stereocenters. The van der Waals surface area contributed by atoms with Gasteiger partial charge in [-0.2, -0.15) is 0 Å². The summed E-state index contributed by atoms with van der Waals surface area (Å²) >= 11 is 1.66. The Bertz CT molecular complexity index is 451. The lowest BCUT2D eigenvalue weighted by atomic mass is 10.1. The maximum atomic E-state index is 13.0.